The van der Waals surface area contributed by atoms with Crippen LogP contribution in [0.3, 0.4) is 0 Å². The molecular weight excluding hydrogens is 408 g/mol. The lowest BCUT2D eigenvalue weighted by molar-refractivity contribution is -0.125. The maximum Gasteiger partial charge on any atom is 0.103 e. The highest BCUT2D eigenvalue weighted by molar-refractivity contribution is 5.14. The van der Waals surface area contributed by atoms with Gasteiger partial charge in [-0.15, -0.1) is 0 Å². The van der Waals surface area contributed by atoms with Crippen molar-refractivity contribution in [2.24, 2.45) is 0 Å². The maximum atomic E-state index is 10.5. The molecule has 0 spiro atoms. The number of benzene rings is 2. The van der Waals surface area contributed by atoms with Gasteiger partial charge in [0.1, 0.15) is 12.2 Å². The molecule has 2 aromatic rings. The third kappa shape index (κ3) is 6.61. The van der Waals surface area contributed by atoms with Gasteiger partial charge in [-0.1, -0.05) is 60.7 Å². The molecule has 6 nitrogen and oxygen atoms in total. The molecule has 0 saturated carbocycles. The number of rotatable bonds is 11. The van der Waals surface area contributed by atoms with E-state index in [9.17, 15) is 10.2 Å². The van der Waals surface area contributed by atoms with Crippen molar-refractivity contribution in [1.29, 1.82) is 0 Å². The summed E-state index contributed by atoms with van der Waals surface area (Å²) < 4.78 is 23.5. The Balaban J connectivity index is 1.14. The largest absolute Gasteiger partial charge is 0.388 e. The minimum atomic E-state index is -0.655. The van der Waals surface area contributed by atoms with E-state index in [4.69, 9.17) is 18.9 Å². The fraction of sp³-hybridized carbons (Fsp3) is 0.538. The zero-order valence-electron chi connectivity index (χ0n) is 18.4. The number of hydrogen-bond acceptors (Lipinski definition) is 6. The molecule has 2 fully saturated rings. The molecule has 0 amide bonds. The number of aliphatic hydroxyl groups is 2. The first-order valence-corrected chi connectivity index (χ1v) is 11.6. The van der Waals surface area contributed by atoms with Gasteiger partial charge in [-0.05, 0) is 36.8 Å². The Morgan fingerprint density at radius 3 is 1.47 bits per heavy atom. The molecular formula is C26H34O6. The van der Waals surface area contributed by atoms with Gasteiger partial charge in [0.25, 0.3) is 0 Å². The lowest BCUT2D eigenvalue weighted by atomic mass is 10.0. The van der Waals surface area contributed by atoms with Crippen molar-refractivity contribution >= 4 is 0 Å². The van der Waals surface area contributed by atoms with Crippen LogP contribution in [0.2, 0.25) is 0 Å². The van der Waals surface area contributed by atoms with E-state index in [-0.39, 0.29) is 37.6 Å². The topological polar surface area (TPSA) is 77.4 Å². The molecule has 0 bridgehead atoms. The Morgan fingerprint density at radius 2 is 1.06 bits per heavy atom. The van der Waals surface area contributed by atoms with Crippen LogP contribution in [-0.2, 0) is 32.2 Å². The minimum Gasteiger partial charge on any atom is -0.388 e. The summed E-state index contributed by atoms with van der Waals surface area (Å²) in [4.78, 5) is 0. The van der Waals surface area contributed by atoms with Gasteiger partial charge in [0.2, 0.25) is 0 Å². The fourth-order valence-corrected chi connectivity index (χ4v) is 4.45. The van der Waals surface area contributed by atoms with E-state index >= 15 is 0 Å². The van der Waals surface area contributed by atoms with Crippen molar-refractivity contribution in [3.05, 3.63) is 71.8 Å². The summed E-state index contributed by atoms with van der Waals surface area (Å²) in [5, 5.41) is 20.9. The normalized spacial score (nSPS) is 27.4. The molecule has 174 valence electrons. The van der Waals surface area contributed by atoms with Gasteiger partial charge in [-0.2, -0.15) is 0 Å². The smallest absolute Gasteiger partial charge is 0.103 e. The van der Waals surface area contributed by atoms with Crippen LogP contribution in [0.4, 0.5) is 0 Å². The van der Waals surface area contributed by atoms with E-state index in [0.717, 1.165) is 36.8 Å². The van der Waals surface area contributed by atoms with Gasteiger partial charge < -0.3 is 29.2 Å². The van der Waals surface area contributed by atoms with E-state index in [1.165, 1.54) is 0 Å². The highest BCUT2D eigenvalue weighted by Gasteiger charge is 2.41. The minimum absolute atomic E-state index is 0.0498. The molecule has 2 aliphatic heterocycles. The third-order valence-electron chi connectivity index (χ3n) is 6.24. The molecule has 0 aromatic heterocycles. The van der Waals surface area contributed by atoms with E-state index < -0.39 is 12.2 Å². The molecule has 0 radical (unpaired) electrons. The summed E-state index contributed by atoms with van der Waals surface area (Å²) in [6, 6.07) is 19.8. The molecule has 4 rings (SSSR count). The van der Waals surface area contributed by atoms with Crippen LogP contribution in [0, 0.1) is 0 Å². The van der Waals surface area contributed by atoms with Crippen LogP contribution < -0.4 is 0 Å². The second-order valence-corrected chi connectivity index (χ2v) is 8.72. The van der Waals surface area contributed by atoms with E-state index in [1.807, 2.05) is 60.7 Å². The number of ether oxygens (including phenoxy) is 4. The van der Waals surface area contributed by atoms with Gasteiger partial charge >= 0.3 is 0 Å². The predicted octanol–water partition coefficient (Wildman–Crippen LogP) is 3.24. The number of hydrogen-bond donors (Lipinski definition) is 2. The van der Waals surface area contributed by atoms with Gasteiger partial charge in [-0.25, -0.2) is 0 Å². The van der Waals surface area contributed by atoms with Gasteiger partial charge in [0, 0.05) is 0 Å². The average molecular weight is 443 g/mol. The summed E-state index contributed by atoms with van der Waals surface area (Å²) in [7, 11) is 0. The first-order chi connectivity index (χ1) is 15.7. The zero-order chi connectivity index (χ0) is 22.2. The van der Waals surface area contributed by atoms with Crippen molar-refractivity contribution in [1.82, 2.24) is 0 Å². The monoisotopic (exact) mass is 442 g/mol. The van der Waals surface area contributed by atoms with Gasteiger partial charge in [0.05, 0.1) is 50.8 Å². The zero-order valence-corrected chi connectivity index (χ0v) is 18.4. The van der Waals surface area contributed by atoms with E-state index in [2.05, 4.69) is 0 Å². The second-order valence-electron chi connectivity index (χ2n) is 8.72. The molecule has 6 heteroatoms. The molecule has 2 saturated heterocycles. The van der Waals surface area contributed by atoms with Crippen LogP contribution in [0.25, 0.3) is 0 Å². The van der Waals surface area contributed by atoms with Crippen LogP contribution in [0.5, 0.6) is 0 Å². The molecule has 32 heavy (non-hydrogen) atoms. The van der Waals surface area contributed by atoms with Crippen molar-refractivity contribution < 1.29 is 29.2 Å². The van der Waals surface area contributed by atoms with E-state index in [1.54, 1.807) is 0 Å². The summed E-state index contributed by atoms with van der Waals surface area (Å²) in [5.41, 5.74) is 2.17. The average Bonchev–Trinajstić information content (AvgIpc) is 3.50. The van der Waals surface area contributed by atoms with Crippen LogP contribution in [-0.4, -0.2) is 60.1 Å². The van der Waals surface area contributed by atoms with Crippen LogP contribution in [0.15, 0.2) is 60.7 Å². The lowest BCUT2D eigenvalue weighted by Crippen LogP contribution is -2.35. The van der Waals surface area contributed by atoms with Crippen LogP contribution >= 0.6 is 0 Å². The quantitative estimate of drug-likeness (QED) is 0.556. The molecule has 2 heterocycles. The van der Waals surface area contributed by atoms with Crippen molar-refractivity contribution in [3.63, 3.8) is 0 Å². The Morgan fingerprint density at radius 1 is 0.656 bits per heavy atom. The van der Waals surface area contributed by atoms with Gasteiger partial charge in [0.15, 0.2) is 0 Å². The Labute approximate surface area is 190 Å². The standard InChI is InChI=1S/C26H34O6/c27-21(17-29-15-19-7-3-1-4-8-19)23-11-13-25(31-23)26-14-12-24(32-26)22(28)18-30-16-20-9-5-2-6-10-20/h1-10,21-28H,11-18H2/t21-,22-,23-,24-,25-,26-/m1/s1. The fourth-order valence-electron chi connectivity index (χ4n) is 4.45. The third-order valence-corrected chi connectivity index (χ3v) is 6.24. The molecule has 2 N–H and O–H groups in total. The lowest BCUT2D eigenvalue weighted by Gasteiger charge is -2.24. The summed E-state index contributed by atoms with van der Waals surface area (Å²) in [6.45, 7) is 1.45. The molecule has 2 aliphatic rings. The first-order valence-electron chi connectivity index (χ1n) is 11.6. The first kappa shape index (κ1) is 23.4. The maximum absolute atomic E-state index is 10.5. The van der Waals surface area contributed by atoms with Crippen molar-refractivity contribution in [2.75, 3.05) is 13.2 Å². The Kier molecular flexibility index (Phi) is 8.68. The van der Waals surface area contributed by atoms with Crippen LogP contribution in [0.1, 0.15) is 36.8 Å². The van der Waals surface area contributed by atoms with Crippen molar-refractivity contribution in [3.8, 4) is 0 Å². The van der Waals surface area contributed by atoms with E-state index in [0.29, 0.717) is 13.2 Å². The van der Waals surface area contributed by atoms with Gasteiger partial charge in [-0.3, -0.25) is 0 Å². The molecule has 0 aliphatic carbocycles. The molecule has 0 unspecified atom stereocenters. The summed E-state index contributed by atoms with van der Waals surface area (Å²) in [6.07, 6.45) is 1.38. The highest BCUT2D eigenvalue weighted by Crippen LogP contribution is 2.33. The number of aliphatic hydroxyl groups excluding tert-OH is 2. The molecule has 2 aromatic carbocycles. The second kappa shape index (κ2) is 11.9. The molecule has 6 atom stereocenters. The summed E-state index contributed by atoms with van der Waals surface area (Å²) in [5.74, 6) is 0. The predicted molar refractivity (Wildman–Crippen MR) is 120 cm³/mol. The summed E-state index contributed by atoms with van der Waals surface area (Å²) >= 11 is 0. The Hall–Kier alpha value is -1.80. The SMILES string of the molecule is O[C@H](COCc1ccccc1)[C@H]1CC[C@H]([C@H]2CC[C@H]([C@H](O)COCc3ccccc3)O2)O1. The highest BCUT2D eigenvalue weighted by atomic mass is 16.6. The Bertz CT molecular complexity index is 718. The van der Waals surface area contributed by atoms with Crippen molar-refractivity contribution in [2.45, 2.75) is 75.5 Å².